The second kappa shape index (κ2) is 7.37. The molecule has 1 N–H and O–H groups in total. The number of rotatable bonds is 5. The lowest BCUT2D eigenvalue weighted by Gasteiger charge is -2.27. The van der Waals surface area contributed by atoms with Crippen molar-refractivity contribution in [2.45, 2.75) is 31.8 Å². The Bertz CT molecular complexity index is 615. The highest BCUT2D eigenvalue weighted by atomic mass is 16.5. The Labute approximate surface area is 136 Å². The molecule has 3 heterocycles. The number of anilines is 2. The van der Waals surface area contributed by atoms with Gasteiger partial charge in [0.1, 0.15) is 18.0 Å². The van der Waals surface area contributed by atoms with Gasteiger partial charge in [-0.3, -0.25) is 4.98 Å². The van der Waals surface area contributed by atoms with E-state index in [-0.39, 0.29) is 6.04 Å². The average Bonchev–Trinajstić information content (AvgIpc) is 2.62. The summed E-state index contributed by atoms with van der Waals surface area (Å²) in [6, 6.07) is 8.40. The van der Waals surface area contributed by atoms with Crippen molar-refractivity contribution in [3.8, 4) is 0 Å². The molecule has 6 nitrogen and oxygen atoms in total. The van der Waals surface area contributed by atoms with E-state index < -0.39 is 0 Å². The fourth-order valence-corrected chi connectivity index (χ4v) is 2.70. The van der Waals surface area contributed by atoms with Crippen LogP contribution in [0, 0.1) is 0 Å². The largest absolute Gasteiger partial charge is 0.379 e. The number of nitrogens with zero attached hydrogens (tertiary/aromatic N) is 4. The summed E-state index contributed by atoms with van der Waals surface area (Å²) in [6.07, 6.45) is 5.62. The highest BCUT2D eigenvalue weighted by Gasteiger charge is 2.17. The van der Waals surface area contributed by atoms with Gasteiger partial charge in [0, 0.05) is 25.9 Å². The molecular formula is C17H23N5O. The maximum Gasteiger partial charge on any atom is 0.134 e. The predicted octanol–water partition coefficient (Wildman–Crippen LogP) is 2.66. The van der Waals surface area contributed by atoms with Crippen LogP contribution in [-0.4, -0.2) is 41.3 Å². The van der Waals surface area contributed by atoms with Gasteiger partial charge in [-0.25, -0.2) is 9.97 Å². The van der Waals surface area contributed by atoms with Gasteiger partial charge in [-0.15, -0.1) is 0 Å². The SMILES string of the molecule is CC(c1ccccn1)N(C)c1cc(NC2CCCOC2)ncn1. The Morgan fingerprint density at radius 1 is 1.30 bits per heavy atom. The van der Waals surface area contributed by atoms with Crippen molar-refractivity contribution in [2.24, 2.45) is 0 Å². The molecule has 2 aromatic heterocycles. The minimum absolute atomic E-state index is 0.136. The minimum Gasteiger partial charge on any atom is -0.379 e. The number of ether oxygens (including phenoxy) is 1. The molecule has 3 rings (SSSR count). The Balaban J connectivity index is 1.71. The highest BCUT2D eigenvalue weighted by Crippen LogP contribution is 2.23. The summed E-state index contributed by atoms with van der Waals surface area (Å²) in [7, 11) is 2.02. The number of hydrogen-bond acceptors (Lipinski definition) is 6. The number of nitrogens with one attached hydrogen (secondary N) is 1. The van der Waals surface area contributed by atoms with Crippen LogP contribution in [0.2, 0.25) is 0 Å². The van der Waals surface area contributed by atoms with E-state index in [1.165, 1.54) is 0 Å². The van der Waals surface area contributed by atoms with Gasteiger partial charge < -0.3 is 15.0 Å². The highest BCUT2D eigenvalue weighted by molar-refractivity contribution is 5.49. The summed E-state index contributed by atoms with van der Waals surface area (Å²) in [5, 5.41) is 3.44. The number of aromatic nitrogens is 3. The third-order valence-electron chi connectivity index (χ3n) is 4.22. The lowest BCUT2D eigenvalue weighted by Crippen LogP contribution is -2.30. The zero-order chi connectivity index (χ0) is 16.1. The summed E-state index contributed by atoms with van der Waals surface area (Å²) in [5.41, 5.74) is 1.02. The van der Waals surface area contributed by atoms with Gasteiger partial charge >= 0.3 is 0 Å². The normalized spacial score (nSPS) is 19.1. The van der Waals surface area contributed by atoms with Gasteiger partial charge in [0.25, 0.3) is 0 Å². The third-order valence-corrected chi connectivity index (χ3v) is 4.22. The lowest BCUT2D eigenvalue weighted by molar-refractivity contribution is 0.0875. The Morgan fingerprint density at radius 3 is 2.96 bits per heavy atom. The fourth-order valence-electron chi connectivity index (χ4n) is 2.70. The van der Waals surface area contributed by atoms with Crippen molar-refractivity contribution < 1.29 is 4.74 Å². The van der Waals surface area contributed by atoms with Crippen LogP contribution in [0.4, 0.5) is 11.6 Å². The second-order valence-corrected chi connectivity index (χ2v) is 5.86. The van der Waals surface area contributed by atoms with Gasteiger partial charge in [-0.05, 0) is 31.9 Å². The van der Waals surface area contributed by atoms with E-state index in [1.807, 2.05) is 37.5 Å². The molecule has 6 heteroatoms. The van der Waals surface area contributed by atoms with Crippen molar-refractivity contribution in [3.05, 3.63) is 42.5 Å². The van der Waals surface area contributed by atoms with Gasteiger partial charge in [0.15, 0.2) is 0 Å². The van der Waals surface area contributed by atoms with Crippen LogP contribution in [0.5, 0.6) is 0 Å². The fraction of sp³-hybridized carbons (Fsp3) is 0.471. The van der Waals surface area contributed by atoms with Crippen molar-refractivity contribution in [1.82, 2.24) is 15.0 Å². The van der Waals surface area contributed by atoms with E-state index >= 15 is 0 Å². The molecule has 1 saturated heterocycles. The molecule has 2 atom stereocenters. The van der Waals surface area contributed by atoms with Gasteiger partial charge in [0.05, 0.1) is 24.4 Å². The first-order chi connectivity index (χ1) is 11.2. The molecule has 0 radical (unpaired) electrons. The first-order valence-electron chi connectivity index (χ1n) is 8.04. The smallest absolute Gasteiger partial charge is 0.134 e. The van der Waals surface area contributed by atoms with Crippen molar-refractivity contribution in [1.29, 1.82) is 0 Å². The lowest BCUT2D eigenvalue weighted by atomic mass is 10.1. The van der Waals surface area contributed by atoms with Crippen molar-refractivity contribution >= 4 is 11.6 Å². The van der Waals surface area contributed by atoms with Crippen LogP contribution >= 0.6 is 0 Å². The van der Waals surface area contributed by atoms with Crippen LogP contribution in [0.3, 0.4) is 0 Å². The van der Waals surface area contributed by atoms with E-state index in [0.29, 0.717) is 6.04 Å². The maximum atomic E-state index is 5.50. The quantitative estimate of drug-likeness (QED) is 0.915. The molecular weight excluding hydrogens is 290 g/mol. The molecule has 1 fully saturated rings. The molecule has 0 spiro atoms. The van der Waals surface area contributed by atoms with Crippen molar-refractivity contribution in [3.63, 3.8) is 0 Å². The standard InChI is InChI=1S/C17H23N5O/c1-13(15-7-3-4-8-18-15)22(2)17-10-16(19-12-20-17)21-14-6-5-9-23-11-14/h3-4,7-8,10,12-14H,5-6,9,11H2,1-2H3,(H,19,20,21). The van der Waals surface area contributed by atoms with Crippen LogP contribution in [0.25, 0.3) is 0 Å². The second-order valence-electron chi connectivity index (χ2n) is 5.86. The minimum atomic E-state index is 0.136. The summed E-state index contributed by atoms with van der Waals surface area (Å²) >= 11 is 0. The zero-order valence-electron chi connectivity index (χ0n) is 13.6. The topological polar surface area (TPSA) is 63.2 Å². The zero-order valence-corrected chi connectivity index (χ0v) is 13.6. The van der Waals surface area contributed by atoms with E-state index in [4.69, 9.17) is 4.74 Å². The maximum absolute atomic E-state index is 5.50. The number of pyridine rings is 1. The summed E-state index contributed by atoms with van der Waals surface area (Å²) in [5.74, 6) is 1.71. The predicted molar refractivity (Wildman–Crippen MR) is 90.6 cm³/mol. The van der Waals surface area contributed by atoms with E-state index in [2.05, 4.69) is 32.1 Å². The molecule has 1 aliphatic heterocycles. The molecule has 2 aromatic rings. The Hall–Kier alpha value is -2.21. The first-order valence-corrected chi connectivity index (χ1v) is 8.04. The first kappa shape index (κ1) is 15.7. The van der Waals surface area contributed by atoms with E-state index in [9.17, 15) is 0 Å². The van der Waals surface area contributed by atoms with Crippen LogP contribution in [-0.2, 0) is 4.74 Å². The summed E-state index contributed by atoms with van der Waals surface area (Å²) in [6.45, 7) is 3.71. The molecule has 122 valence electrons. The monoisotopic (exact) mass is 313 g/mol. The average molecular weight is 313 g/mol. The Morgan fingerprint density at radius 2 is 2.22 bits per heavy atom. The molecule has 0 aliphatic carbocycles. The summed E-state index contributed by atoms with van der Waals surface area (Å²) < 4.78 is 5.50. The number of hydrogen-bond donors (Lipinski definition) is 1. The van der Waals surface area contributed by atoms with Crippen LogP contribution in [0.15, 0.2) is 36.8 Å². The van der Waals surface area contributed by atoms with E-state index in [0.717, 1.165) is 43.4 Å². The van der Waals surface area contributed by atoms with Crippen LogP contribution in [0.1, 0.15) is 31.5 Å². The van der Waals surface area contributed by atoms with Crippen LogP contribution < -0.4 is 10.2 Å². The Kier molecular flexibility index (Phi) is 5.02. The molecule has 23 heavy (non-hydrogen) atoms. The third kappa shape index (κ3) is 3.96. The van der Waals surface area contributed by atoms with E-state index in [1.54, 1.807) is 6.33 Å². The molecule has 2 unspecified atom stereocenters. The molecule has 0 aromatic carbocycles. The van der Waals surface area contributed by atoms with Crippen molar-refractivity contribution in [2.75, 3.05) is 30.5 Å². The van der Waals surface area contributed by atoms with Gasteiger partial charge in [-0.2, -0.15) is 0 Å². The molecule has 0 bridgehead atoms. The van der Waals surface area contributed by atoms with Gasteiger partial charge in [-0.1, -0.05) is 6.07 Å². The molecule has 0 saturated carbocycles. The summed E-state index contributed by atoms with van der Waals surface area (Å²) in [4.78, 5) is 15.3. The molecule has 0 amide bonds. The van der Waals surface area contributed by atoms with Gasteiger partial charge in [0.2, 0.25) is 0 Å². The molecule has 1 aliphatic rings.